The lowest BCUT2D eigenvalue weighted by atomic mass is 10.0. The fourth-order valence-corrected chi connectivity index (χ4v) is 2.51. The zero-order valence-corrected chi connectivity index (χ0v) is 13.1. The maximum atomic E-state index is 13.9. The third-order valence-electron chi connectivity index (χ3n) is 3.83. The number of unbranched alkanes of at least 4 members (excludes halogenated alkanes) is 7. The molecule has 0 saturated carbocycles. The van der Waals surface area contributed by atoms with E-state index in [2.05, 4.69) is 0 Å². The molecular weight excluding hydrogens is 286 g/mol. The molecule has 0 heterocycles. The molecule has 0 fully saturated rings. The van der Waals surface area contributed by atoms with Gasteiger partial charge < -0.3 is 5.11 Å². The van der Waals surface area contributed by atoms with Crippen molar-refractivity contribution in [2.75, 3.05) is 0 Å². The van der Waals surface area contributed by atoms with Gasteiger partial charge >= 0.3 is 5.97 Å². The van der Waals surface area contributed by atoms with E-state index in [4.69, 9.17) is 5.11 Å². The highest BCUT2D eigenvalue weighted by Crippen LogP contribution is 2.33. The number of benzene rings is 1. The highest BCUT2D eigenvalue weighted by atomic mass is 19.3. The number of carbonyl (C=O) groups is 1. The summed E-state index contributed by atoms with van der Waals surface area (Å²) in [5, 5.41) is 8.50. The molecule has 22 heavy (non-hydrogen) atoms. The largest absolute Gasteiger partial charge is 0.481 e. The van der Waals surface area contributed by atoms with Crippen molar-refractivity contribution in [1.29, 1.82) is 0 Å². The standard InChI is InChI=1S/C18H26F2O2/c19-18(20,16-12-8-7-9-13-16)15-11-6-4-2-1-3-5-10-14-17(21)22/h7-9,12-13H,1-6,10-11,14-15H2,(H,21,22). The molecule has 0 spiro atoms. The fourth-order valence-electron chi connectivity index (χ4n) is 2.51. The first-order valence-corrected chi connectivity index (χ1v) is 8.17. The van der Waals surface area contributed by atoms with Crippen molar-refractivity contribution in [2.24, 2.45) is 0 Å². The summed E-state index contributed by atoms with van der Waals surface area (Å²) in [5.41, 5.74) is 0.105. The monoisotopic (exact) mass is 312 g/mol. The highest BCUT2D eigenvalue weighted by molar-refractivity contribution is 5.66. The fraction of sp³-hybridized carbons (Fsp3) is 0.611. The van der Waals surface area contributed by atoms with E-state index >= 15 is 0 Å². The summed E-state index contributed by atoms with van der Waals surface area (Å²) >= 11 is 0. The minimum atomic E-state index is -2.72. The number of alkyl halides is 2. The first-order chi connectivity index (χ1) is 10.5. The molecule has 124 valence electrons. The van der Waals surface area contributed by atoms with Gasteiger partial charge in [0.05, 0.1) is 0 Å². The lowest BCUT2D eigenvalue weighted by Gasteiger charge is -2.16. The van der Waals surface area contributed by atoms with Gasteiger partial charge in [-0.3, -0.25) is 4.79 Å². The lowest BCUT2D eigenvalue weighted by molar-refractivity contribution is -0.137. The van der Waals surface area contributed by atoms with Crippen LogP contribution in [0.1, 0.15) is 69.8 Å². The van der Waals surface area contributed by atoms with Crippen molar-refractivity contribution in [1.82, 2.24) is 0 Å². The SMILES string of the molecule is O=C(O)CCCCCCCCCCC(F)(F)c1ccccc1. The molecule has 2 nitrogen and oxygen atoms in total. The van der Waals surface area contributed by atoms with E-state index in [9.17, 15) is 13.6 Å². The maximum Gasteiger partial charge on any atom is 0.303 e. The Labute approximate surface area is 131 Å². The molecule has 0 unspecified atom stereocenters. The van der Waals surface area contributed by atoms with Crippen LogP contribution in [0, 0.1) is 0 Å². The minimum absolute atomic E-state index is 0.0877. The molecule has 0 radical (unpaired) electrons. The van der Waals surface area contributed by atoms with Gasteiger partial charge in [0.2, 0.25) is 0 Å². The van der Waals surface area contributed by atoms with E-state index in [0.29, 0.717) is 6.42 Å². The molecule has 1 N–H and O–H groups in total. The predicted molar refractivity (Wildman–Crippen MR) is 84.1 cm³/mol. The zero-order chi connectivity index (χ0) is 16.3. The molecule has 0 bridgehead atoms. The van der Waals surface area contributed by atoms with Gasteiger partial charge in [-0.2, -0.15) is 0 Å². The van der Waals surface area contributed by atoms with Crippen LogP contribution in [0.4, 0.5) is 8.78 Å². The van der Waals surface area contributed by atoms with Crippen LogP contribution in [-0.2, 0) is 10.7 Å². The highest BCUT2D eigenvalue weighted by Gasteiger charge is 2.30. The van der Waals surface area contributed by atoms with Crippen LogP contribution in [0.5, 0.6) is 0 Å². The van der Waals surface area contributed by atoms with E-state index in [1.807, 2.05) is 0 Å². The molecule has 0 aromatic heterocycles. The first-order valence-electron chi connectivity index (χ1n) is 8.17. The smallest absolute Gasteiger partial charge is 0.303 e. The van der Waals surface area contributed by atoms with E-state index in [1.54, 1.807) is 18.2 Å². The third-order valence-corrected chi connectivity index (χ3v) is 3.83. The van der Waals surface area contributed by atoms with E-state index in [0.717, 1.165) is 44.9 Å². The van der Waals surface area contributed by atoms with E-state index in [1.165, 1.54) is 12.1 Å². The minimum Gasteiger partial charge on any atom is -0.481 e. The van der Waals surface area contributed by atoms with Gasteiger partial charge in [0.15, 0.2) is 0 Å². The van der Waals surface area contributed by atoms with Crippen molar-refractivity contribution < 1.29 is 18.7 Å². The number of rotatable bonds is 12. The summed E-state index contributed by atoms with van der Waals surface area (Å²) in [6.07, 6.45) is 7.33. The molecule has 0 saturated heterocycles. The summed E-state index contributed by atoms with van der Waals surface area (Å²) in [4.78, 5) is 10.3. The van der Waals surface area contributed by atoms with Gasteiger partial charge in [0.1, 0.15) is 0 Å². The Kier molecular flexibility index (Phi) is 8.71. The summed E-state index contributed by atoms with van der Waals surface area (Å²) in [6.45, 7) is 0. The molecule has 1 rings (SSSR count). The Hall–Kier alpha value is -1.45. The predicted octanol–water partition coefficient (Wildman–Crippen LogP) is 5.76. The van der Waals surface area contributed by atoms with Gasteiger partial charge in [-0.25, -0.2) is 8.78 Å². The van der Waals surface area contributed by atoms with Crippen LogP contribution in [0.25, 0.3) is 0 Å². The average molecular weight is 312 g/mol. The van der Waals surface area contributed by atoms with Gasteiger partial charge in [0, 0.05) is 18.4 Å². The van der Waals surface area contributed by atoms with Crippen LogP contribution >= 0.6 is 0 Å². The Bertz CT molecular complexity index is 418. The van der Waals surface area contributed by atoms with Crippen molar-refractivity contribution in [3.63, 3.8) is 0 Å². The van der Waals surface area contributed by atoms with Crippen LogP contribution in [0.2, 0.25) is 0 Å². The van der Waals surface area contributed by atoms with Crippen molar-refractivity contribution in [3.8, 4) is 0 Å². The molecule has 0 aliphatic heterocycles. The summed E-state index contributed by atoms with van der Waals surface area (Å²) < 4.78 is 27.8. The van der Waals surface area contributed by atoms with Crippen LogP contribution < -0.4 is 0 Å². The molecular formula is C18H26F2O2. The van der Waals surface area contributed by atoms with Gasteiger partial charge in [0.25, 0.3) is 5.92 Å². The number of hydrogen-bond donors (Lipinski definition) is 1. The maximum absolute atomic E-state index is 13.9. The molecule has 0 amide bonds. The number of carboxylic acids is 1. The van der Waals surface area contributed by atoms with Crippen molar-refractivity contribution in [2.45, 2.75) is 70.1 Å². The normalized spacial score (nSPS) is 11.5. The summed E-state index contributed by atoms with van der Waals surface area (Å²) in [7, 11) is 0. The Morgan fingerprint density at radius 3 is 1.91 bits per heavy atom. The topological polar surface area (TPSA) is 37.3 Å². The molecule has 1 aromatic rings. The van der Waals surface area contributed by atoms with Gasteiger partial charge in [-0.15, -0.1) is 0 Å². The number of aliphatic carboxylic acids is 1. The van der Waals surface area contributed by atoms with Crippen LogP contribution in [-0.4, -0.2) is 11.1 Å². The molecule has 0 atom stereocenters. The molecule has 4 heteroatoms. The lowest BCUT2D eigenvalue weighted by Crippen LogP contribution is -2.12. The average Bonchev–Trinajstić information content (AvgIpc) is 2.49. The Morgan fingerprint density at radius 2 is 1.36 bits per heavy atom. The number of halogens is 2. The Morgan fingerprint density at radius 1 is 0.864 bits per heavy atom. The zero-order valence-electron chi connectivity index (χ0n) is 13.1. The van der Waals surface area contributed by atoms with Crippen LogP contribution in [0.15, 0.2) is 30.3 Å². The summed E-state index contributed by atoms with van der Waals surface area (Å²) in [6, 6.07) is 8.01. The second kappa shape index (κ2) is 10.3. The van der Waals surface area contributed by atoms with Crippen LogP contribution in [0.3, 0.4) is 0 Å². The first kappa shape index (κ1) is 18.6. The quantitative estimate of drug-likeness (QED) is 0.498. The molecule has 0 aliphatic carbocycles. The van der Waals surface area contributed by atoms with Gasteiger partial charge in [-0.1, -0.05) is 68.9 Å². The third kappa shape index (κ3) is 8.11. The second-order valence-corrected chi connectivity index (χ2v) is 5.79. The van der Waals surface area contributed by atoms with Gasteiger partial charge in [-0.05, 0) is 12.8 Å². The number of carboxylic acid groups (broad SMARTS) is 1. The van der Waals surface area contributed by atoms with E-state index < -0.39 is 11.9 Å². The van der Waals surface area contributed by atoms with E-state index in [-0.39, 0.29) is 18.4 Å². The second-order valence-electron chi connectivity index (χ2n) is 5.79. The Balaban J connectivity index is 2.00. The van der Waals surface area contributed by atoms with Crippen molar-refractivity contribution >= 4 is 5.97 Å². The molecule has 1 aromatic carbocycles. The van der Waals surface area contributed by atoms with Crippen molar-refractivity contribution in [3.05, 3.63) is 35.9 Å². The summed E-state index contributed by atoms with van der Waals surface area (Å²) in [5.74, 6) is -3.46. The molecule has 0 aliphatic rings. The number of hydrogen-bond acceptors (Lipinski definition) is 1.